The van der Waals surface area contributed by atoms with Crippen LogP contribution in [0.3, 0.4) is 0 Å². The molecule has 0 radical (unpaired) electrons. The maximum atomic E-state index is 11.4. The summed E-state index contributed by atoms with van der Waals surface area (Å²) in [6, 6.07) is 1.52. The summed E-state index contributed by atoms with van der Waals surface area (Å²) in [6.07, 6.45) is 0. The summed E-state index contributed by atoms with van der Waals surface area (Å²) in [5.41, 5.74) is 0.795. The maximum absolute atomic E-state index is 11.4. The molecule has 7 heteroatoms. The van der Waals surface area contributed by atoms with E-state index in [1.807, 2.05) is 5.38 Å². The number of carbonyl (C=O) groups excluding carboxylic acids is 1. The molecule has 0 saturated carbocycles. The first-order valence-electron chi connectivity index (χ1n) is 5.02. The predicted molar refractivity (Wildman–Crippen MR) is 63.1 cm³/mol. The number of aromatic nitrogens is 2. The van der Waals surface area contributed by atoms with Crippen molar-refractivity contribution in [1.29, 1.82) is 0 Å². The molecule has 2 aromatic heterocycles. The van der Waals surface area contributed by atoms with E-state index in [1.54, 1.807) is 14.0 Å². The highest BCUT2D eigenvalue weighted by Crippen LogP contribution is 2.25. The highest BCUT2D eigenvalue weighted by molar-refractivity contribution is 7.14. The van der Waals surface area contributed by atoms with Gasteiger partial charge in [-0.1, -0.05) is 5.16 Å². The number of ether oxygens (including phenoxy) is 1. The lowest BCUT2D eigenvalue weighted by atomic mass is 10.3. The molecule has 17 heavy (non-hydrogen) atoms. The van der Waals surface area contributed by atoms with Crippen LogP contribution in [0.1, 0.15) is 17.4 Å². The number of hydrogen-bond donors (Lipinski definition) is 1. The SMILES string of the molecule is CCOC(=O)c1cc(-c2csc(NC)n2)on1. The monoisotopic (exact) mass is 253 g/mol. The second-order valence-corrected chi connectivity index (χ2v) is 3.94. The predicted octanol–water partition coefficient (Wildman–Crippen LogP) is 2.02. The van der Waals surface area contributed by atoms with Crippen LogP contribution < -0.4 is 5.32 Å². The number of thiazole rings is 1. The fourth-order valence-electron chi connectivity index (χ4n) is 1.20. The molecule has 0 saturated heterocycles. The number of carbonyl (C=O) groups is 1. The van der Waals surface area contributed by atoms with Crippen LogP contribution in [0.25, 0.3) is 11.5 Å². The molecule has 0 fully saturated rings. The van der Waals surface area contributed by atoms with Gasteiger partial charge in [0.2, 0.25) is 0 Å². The fourth-order valence-corrected chi connectivity index (χ4v) is 1.86. The summed E-state index contributed by atoms with van der Waals surface area (Å²) in [7, 11) is 1.78. The van der Waals surface area contributed by atoms with Crippen LogP contribution in [0, 0.1) is 0 Å². The Kier molecular flexibility index (Phi) is 3.38. The molecule has 0 atom stereocenters. The van der Waals surface area contributed by atoms with E-state index in [2.05, 4.69) is 15.5 Å². The van der Waals surface area contributed by atoms with E-state index in [-0.39, 0.29) is 5.69 Å². The Bertz CT molecular complexity index is 520. The molecule has 0 amide bonds. The Hall–Kier alpha value is -1.89. The third-order valence-electron chi connectivity index (χ3n) is 1.97. The Morgan fingerprint density at radius 3 is 3.12 bits per heavy atom. The van der Waals surface area contributed by atoms with Gasteiger partial charge in [-0.25, -0.2) is 9.78 Å². The first kappa shape index (κ1) is 11.6. The normalized spacial score (nSPS) is 10.2. The molecule has 0 aliphatic rings. The van der Waals surface area contributed by atoms with Crippen molar-refractivity contribution in [3.63, 3.8) is 0 Å². The Morgan fingerprint density at radius 2 is 2.47 bits per heavy atom. The van der Waals surface area contributed by atoms with Gasteiger partial charge in [-0.3, -0.25) is 0 Å². The van der Waals surface area contributed by atoms with Crippen LogP contribution in [0.4, 0.5) is 5.13 Å². The van der Waals surface area contributed by atoms with Crippen molar-refractivity contribution in [2.24, 2.45) is 0 Å². The largest absolute Gasteiger partial charge is 0.461 e. The summed E-state index contributed by atoms with van der Waals surface area (Å²) in [5, 5.41) is 9.15. The average molecular weight is 253 g/mol. The third kappa shape index (κ3) is 2.44. The van der Waals surface area contributed by atoms with Crippen molar-refractivity contribution in [2.45, 2.75) is 6.92 Å². The minimum Gasteiger partial charge on any atom is -0.461 e. The quantitative estimate of drug-likeness (QED) is 0.840. The Morgan fingerprint density at radius 1 is 1.65 bits per heavy atom. The van der Waals surface area contributed by atoms with Crippen molar-refractivity contribution in [3.8, 4) is 11.5 Å². The molecule has 0 bridgehead atoms. The van der Waals surface area contributed by atoms with Gasteiger partial charge in [-0.15, -0.1) is 11.3 Å². The van der Waals surface area contributed by atoms with Gasteiger partial charge in [0.25, 0.3) is 0 Å². The molecule has 0 aliphatic carbocycles. The fraction of sp³-hybridized carbons (Fsp3) is 0.300. The summed E-state index contributed by atoms with van der Waals surface area (Å²) >= 11 is 1.45. The Labute approximate surface area is 102 Å². The molecule has 0 spiro atoms. The van der Waals surface area contributed by atoms with E-state index < -0.39 is 5.97 Å². The van der Waals surface area contributed by atoms with Crippen LogP contribution in [-0.2, 0) is 4.74 Å². The summed E-state index contributed by atoms with van der Waals surface area (Å²) in [5.74, 6) is -0.0441. The second-order valence-electron chi connectivity index (χ2n) is 3.08. The lowest BCUT2D eigenvalue weighted by Crippen LogP contribution is -2.04. The maximum Gasteiger partial charge on any atom is 0.360 e. The van der Waals surface area contributed by atoms with Gasteiger partial charge >= 0.3 is 5.97 Å². The molecule has 0 unspecified atom stereocenters. The topological polar surface area (TPSA) is 77.2 Å². The first-order chi connectivity index (χ1) is 8.24. The molecular weight excluding hydrogens is 242 g/mol. The van der Waals surface area contributed by atoms with E-state index in [4.69, 9.17) is 9.26 Å². The van der Waals surface area contributed by atoms with Crippen molar-refractivity contribution < 1.29 is 14.1 Å². The summed E-state index contributed by atoms with van der Waals surface area (Å²) < 4.78 is 9.85. The lowest BCUT2D eigenvalue weighted by Gasteiger charge is -1.94. The van der Waals surface area contributed by atoms with Gasteiger partial charge in [0, 0.05) is 18.5 Å². The van der Waals surface area contributed by atoms with Gasteiger partial charge in [-0.05, 0) is 6.92 Å². The number of hydrogen-bond acceptors (Lipinski definition) is 7. The van der Waals surface area contributed by atoms with Gasteiger partial charge < -0.3 is 14.6 Å². The molecule has 0 aliphatic heterocycles. The molecular formula is C10H11N3O3S. The van der Waals surface area contributed by atoms with Gasteiger partial charge in [0.05, 0.1) is 6.61 Å². The zero-order valence-corrected chi connectivity index (χ0v) is 10.2. The molecule has 6 nitrogen and oxygen atoms in total. The van der Waals surface area contributed by atoms with Crippen molar-refractivity contribution >= 4 is 22.4 Å². The van der Waals surface area contributed by atoms with E-state index >= 15 is 0 Å². The number of esters is 1. The van der Waals surface area contributed by atoms with Gasteiger partial charge in [0.1, 0.15) is 5.69 Å². The highest BCUT2D eigenvalue weighted by atomic mass is 32.1. The second kappa shape index (κ2) is 4.96. The van der Waals surface area contributed by atoms with Crippen LogP contribution >= 0.6 is 11.3 Å². The van der Waals surface area contributed by atoms with E-state index in [0.29, 0.717) is 18.1 Å². The average Bonchev–Trinajstić information content (AvgIpc) is 2.98. The number of rotatable bonds is 4. The van der Waals surface area contributed by atoms with Crippen molar-refractivity contribution in [1.82, 2.24) is 10.1 Å². The third-order valence-corrected chi connectivity index (χ3v) is 2.83. The molecule has 2 heterocycles. The summed E-state index contributed by atoms with van der Waals surface area (Å²) in [6.45, 7) is 2.04. The highest BCUT2D eigenvalue weighted by Gasteiger charge is 2.16. The van der Waals surface area contributed by atoms with E-state index in [0.717, 1.165) is 5.13 Å². The van der Waals surface area contributed by atoms with Crippen molar-refractivity contribution in [3.05, 3.63) is 17.1 Å². The smallest absolute Gasteiger partial charge is 0.360 e. The van der Waals surface area contributed by atoms with Crippen molar-refractivity contribution in [2.75, 3.05) is 19.0 Å². The molecule has 0 aromatic carbocycles. The molecule has 2 aromatic rings. The van der Waals surface area contributed by atoms with Gasteiger partial charge in [-0.2, -0.15) is 0 Å². The lowest BCUT2D eigenvalue weighted by molar-refractivity contribution is 0.0514. The van der Waals surface area contributed by atoms with E-state index in [1.165, 1.54) is 17.4 Å². The van der Waals surface area contributed by atoms with Crippen LogP contribution in [0.15, 0.2) is 16.0 Å². The Balaban J connectivity index is 2.20. The molecule has 2 rings (SSSR count). The zero-order valence-electron chi connectivity index (χ0n) is 9.39. The standard InChI is InChI=1S/C10H11N3O3S/c1-3-15-9(14)6-4-8(16-13-6)7-5-17-10(11-2)12-7/h4-5H,3H2,1-2H3,(H,11,12). The van der Waals surface area contributed by atoms with Crippen LogP contribution in [-0.4, -0.2) is 29.8 Å². The minimum absolute atomic E-state index is 0.154. The first-order valence-corrected chi connectivity index (χ1v) is 5.90. The van der Waals surface area contributed by atoms with Crippen LogP contribution in [0.2, 0.25) is 0 Å². The van der Waals surface area contributed by atoms with Crippen LogP contribution in [0.5, 0.6) is 0 Å². The van der Waals surface area contributed by atoms with E-state index in [9.17, 15) is 4.79 Å². The zero-order chi connectivity index (χ0) is 12.3. The summed E-state index contributed by atoms with van der Waals surface area (Å²) in [4.78, 5) is 15.6. The number of nitrogens with zero attached hydrogens (tertiary/aromatic N) is 2. The number of anilines is 1. The molecule has 1 N–H and O–H groups in total. The minimum atomic E-state index is -0.494. The molecule has 90 valence electrons. The number of nitrogens with one attached hydrogen (secondary N) is 1. The van der Waals surface area contributed by atoms with Gasteiger partial charge in [0.15, 0.2) is 16.6 Å².